The highest BCUT2D eigenvalue weighted by atomic mass is 16.5. The molecule has 1 saturated heterocycles. The SMILES string of the molecule is COC(=O)CC1COCCN1C(C)C. The Kier molecular flexibility index (Phi) is 4.35. The van der Waals surface area contributed by atoms with Crippen LogP contribution in [0.5, 0.6) is 0 Å². The molecule has 0 saturated carbocycles. The van der Waals surface area contributed by atoms with Crippen LogP contribution in [0.3, 0.4) is 0 Å². The first kappa shape index (κ1) is 11.5. The Hall–Kier alpha value is -0.610. The van der Waals surface area contributed by atoms with Gasteiger partial charge in [0.25, 0.3) is 0 Å². The number of esters is 1. The van der Waals surface area contributed by atoms with Crippen LogP contribution in [0.4, 0.5) is 0 Å². The van der Waals surface area contributed by atoms with Crippen molar-refractivity contribution in [3.8, 4) is 0 Å². The van der Waals surface area contributed by atoms with Crippen molar-refractivity contribution in [3.63, 3.8) is 0 Å². The summed E-state index contributed by atoms with van der Waals surface area (Å²) in [6.07, 6.45) is 0.425. The maximum atomic E-state index is 11.1. The van der Waals surface area contributed by atoms with Crippen LogP contribution in [-0.2, 0) is 14.3 Å². The summed E-state index contributed by atoms with van der Waals surface area (Å²) >= 11 is 0. The number of carbonyl (C=O) groups excluding carboxylic acids is 1. The van der Waals surface area contributed by atoms with Crippen LogP contribution >= 0.6 is 0 Å². The van der Waals surface area contributed by atoms with Crippen molar-refractivity contribution in [1.29, 1.82) is 0 Å². The van der Waals surface area contributed by atoms with Crippen molar-refractivity contribution in [3.05, 3.63) is 0 Å². The summed E-state index contributed by atoms with van der Waals surface area (Å²) in [7, 11) is 1.42. The molecule has 0 bridgehead atoms. The van der Waals surface area contributed by atoms with Gasteiger partial charge in [0.1, 0.15) is 0 Å². The number of methoxy groups -OCH3 is 1. The number of rotatable bonds is 3. The molecule has 82 valence electrons. The molecule has 1 unspecified atom stereocenters. The molecule has 0 N–H and O–H groups in total. The number of nitrogens with zero attached hydrogens (tertiary/aromatic N) is 1. The molecule has 0 radical (unpaired) electrons. The minimum atomic E-state index is -0.161. The van der Waals surface area contributed by atoms with Gasteiger partial charge in [-0.1, -0.05) is 0 Å². The van der Waals surface area contributed by atoms with E-state index in [1.54, 1.807) is 0 Å². The van der Waals surface area contributed by atoms with Gasteiger partial charge in [-0.2, -0.15) is 0 Å². The summed E-state index contributed by atoms with van der Waals surface area (Å²) in [5.74, 6) is -0.161. The lowest BCUT2D eigenvalue weighted by molar-refractivity contribution is -0.144. The van der Waals surface area contributed by atoms with Gasteiger partial charge in [0.05, 0.1) is 26.7 Å². The minimum absolute atomic E-state index is 0.161. The maximum Gasteiger partial charge on any atom is 0.307 e. The molecule has 0 amide bonds. The molecule has 0 spiro atoms. The number of morpholine rings is 1. The molecule has 1 rings (SSSR count). The summed E-state index contributed by atoms with van der Waals surface area (Å²) in [6, 6.07) is 0.629. The lowest BCUT2D eigenvalue weighted by Crippen LogP contribution is -2.49. The van der Waals surface area contributed by atoms with Crippen LogP contribution in [0.2, 0.25) is 0 Å². The number of hydrogen-bond acceptors (Lipinski definition) is 4. The van der Waals surface area contributed by atoms with E-state index in [0.29, 0.717) is 19.1 Å². The van der Waals surface area contributed by atoms with E-state index in [0.717, 1.165) is 13.2 Å². The third-order valence-corrected chi connectivity index (χ3v) is 2.57. The van der Waals surface area contributed by atoms with Crippen molar-refractivity contribution >= 4 is 5.97 Å². The molecule has 0 aliphatic carbocycles. The molecule has 1 aliphatic heterocycles. The second kappa shape index (κ2) is 5.32. The molecule has 0 aromatic heterocycles. The van der Waals surface area contributed by atoms with Crippen molar-refractivity contribution in [2.45, 2.75) is 32.4 Å². The maximum absolute atomic E-state index is 11.1. The Morgan fingerprint density at radius 1 is 1.64 bits per heavy atom. The summed E-state index contributed by atoms with van der Waals surface area (Å²) in [6.45, 7) is 6.56. The number of carbonyl (C=O) groups is 1. The van der Waals surface area contributed by atoms with Crippen molar-refractivity contribution < 1.29 is 14.3 Å². The molecular weight excluding hydrogens is 182 g/mol. The van der Waals surface area contributed by atoms with Crippen LogP contribution in [0, 0.1) is 0 Å². The topological polar surface area (TPSA) is 38.8 Å². The molecule has 4 heteroatoms. The zero-order valence-electron chi connectivity index (χ0n) is 9.16. The van der Waals surface area contributed by atoms with Crippen molar-refractivity contribution in [2.75, 3.05) is 26.9 Å². The third kappa shape index (κ3) is 2.96. The van der Waals surface area contributed by atoms with Crippen LogP contribution in [0.15, 0.2) is 0 Å². The fourth-order valence-corrected chi connectivity index (χ4v) is 1.80. The molecule has 1 heterocycles. The standard InChI is InChI=1S/C10H19NO3/c1-8(2)11-4-5-14-7-9(11)6-10(12)13-3/h8-9H,4-7H2,1-3H3. The van der Waals surface area contributed by atoms with Gasteiger partial charge in [-0.25, -0.2) is 0 Å². The van der Waals surface area contributed by atoms with Gasteiger partial charge < -0.3 is 9.47 Å². The number of hydrogen-bond donors (Lipinski definition) is 0. The Labute approximate surface area is 85.2 Å². The van der Waals surface area contributed by atoms with E-state index in [2.05, 4.69) is 23.5 Å². The Balaban J connectivity index is 2.49. The molecule has 14 heavy (non-hydrogen) atoms. The van der Waals surface area contributed by atoms with Gasteiger partial charge in [0, 0.05) is 18.6 Å². The minimum Gasteiger partial charge on any atom is -0.469 e. The molecule has 0 aromatic rings. The highest BCUT2D eigenvalue weighted by Gasteiger charge is 2.27. The average Bonchev–Trinajstić information content (AvgIpc) is 2.18. The van der Waals surface area contributed by atoms with E-state index < -0.39 is 0 Å². The zero-order valence-corrected chi connectivity index (χ0v) is 9.16. The second-order valence-electron chi connectivity index (χ2n) is 3.84. The fraction of sp³-hybridized carbons (Fsp3) is 0.900. The quantitative estimate of drug-likeness (QED) is 0.629. The van der Waals surface area contributed by atoms with Crippen molar-refractivity contribution in [1.82, 2.24) is 4.90 Å². The highest BCUT2D eigenvalue weighted by Crippen LogP contribution is 2.14. The summed E-state index contributed by atoms with van der Waals surface area (Å²) < 4.78 is 10.0. The smallest absolute Gasteiger partial charge is 0.307 e. The molecule has 1 atom stereocenters. The zero-order chi connectivity index (χ0) is 10.6. The van der Waals surface area contributed by atoms with Gasteiger partial charge in [0.2, 0.25) is 0 Å². The van der Waals surface area contributed by atoms with Crippen LogP contribution in [0.1, 0.15) is 20.3 Å². The molecule has 1 fully saturated rings. The molecule has 4 nitrogen and oxygen atoms in total. The van der Waals surface area contributed by atoms with Gasteiger partial charge in [0.15, 0.2) is 0 Å². The summed E-state index contributed by atoms with van der Waals surface area (Å²) in [5.41, 5.74) is 0. The molecule has 1 aliphatic rings. The molecule has 0 aromatic carbocycles. The van der Waals surface area contributed by atoms with E-state index in [1.807, 2.05) is 0 Å². The molecular formula is C10H19NO3. The predicted octanol–water partition coefficient (Wildman–Crippen LogP) is 0.659. The van der Waals surface area contributed by atoms with Gasteiger partial charge in [-0.3, -0.25) is 9.69 Å². The number of ether oxygens (including phenoxy) is 2. The summed E-state index contributed by atoms with van der Waals surface area (Å²) in [4.78, 5) is 13.4. The second-order valence-corrected chi connectivity index (χ2v) is 3.84. The van der Waals surface area contributed by atoms with E-state index in [1.165, 1.54) is 7.11 Å². The van der Waals surface area contributed by atoms with Crippen LogP contribution in [-0.4, -0.2) is 49.8 Å². The normalized spacial score (nSPS) is 23.9. The van der Waals surface area contributed by atoms with Gasteiger partial charge >= 0.3 is 5.97 Å². The Bertz CT molecular complexity index is 194. The van der Waals surface area contributed by atoms with E-state index in [4.69, 9.17) is 4.74 Å². The van der Waals surface area contributed by atoms with E-state index in [9.17, 15) is 4.79 Å². The lowest BCUT2D eigenvalue weighted by Gasteiger charge is -2.37. The van der Waals surface area contributed by atoms with Crippen LogP contribution in [0.25, 0.3) is 0 Å². The monoisotopic (exact) mass is 201 g/mol. The Morgan fingerprint density at radius 2 is 2.36 bits per heavy atom. The van der Waals surface area contributed by atoms with Gasteiger partial charge in [-0.15, -0.1) is 0 Å². The fourth-order valence-electron chi connectivity index (χ4n) is 1.80. The average molecular weight is 201 g/mol. The highest BCUT2D eigenvalue weighted by molar-refractivity contribution is 5.69. The van der Waals surface area contributed by atoms with Crippen LogP contribution < -0.4 is 0 Å². The third-order valence-electron chi connectivity index (χ3n) is 2.57. The first-order valence-electron chi connectivity index (χ1n) is 5.05. The summed E-state index contributed by atoms with van der Waals surface area (Å²) in [5, 5.41) is 0. The first-order valence-corrected chi connectivity index (χ1v) is 5.05. The predicted molar refractivity (Wildman–Crippen MR) is 53.1 cm³/mol. The van der Waals surface area contributed by atoms with E-state index in [-0.39, 0.29) is 12.0 Å². The lowest BCUT2D eigenvalue weighted by atomic mass is 10.1. The largest absolute Gasteiger partial charge is 0.469 e. The van der Waals surface area contributed by atoms with Crippen molar-refractivity contribution in [2.24, 2.45) is 0 Å². The van der Waals surface area contributed by atoms with Gasteiger partial charge in [-0.05, 0) is 13.8 Å². The van der Waals surface area contributed by atoms with E-state index >= 15 is 0 Å². The Morgan fingerprint density at radius 3 is 2.93 bits per heavy atom. The first-order chi connectivity index (χ1) is 6.65.